The van der Waals surface area contributed by atoms with Crippen LogP contribution in [0.3, 0.4) is 0 Å². The number of ether oxygens (including phenoxy) is 2. The van der Waals surface area contributed by atoms with Gasteiger partial charge in [0.05, 0.1) is 18.8 Å². The van der Waals surface area contributed by atoms with Crippen molar-refractivity contribution in [2.24, 2.45) is 10.1 Å². The summed E-state index contributed by atoms with van der Waals surface area (Å²) in [6.07, 6.45) is 2.37. The molecule has 0 bridgehead atoms. The summed E-state index contributed by atoms with van der Waals surface area (Å²) in [7, 11) is 0. The van der Waals surface area contributed by atoms with Crippen molar-refractivity contribution in [2.75, 3.05) is 19.0 Å². The first-order valence-electron chi connectivity index (χ1n) is 12.1. The summed E-state index contributed by atoms with van der Waals surface area (Å²) in [5.74, 6) is 1.59. The first kappa shape index (κ1) is 25.1. The van der Waals surface area contributed by atoms with Crippen LogP contribution in [0.25, 0.3) is 16.8 Å². The number of aliphatic imine (C=N–C) groups is 1. The van der Waals surface area contributed by atoms with Crippen LogP contribution in [0.5, 0.6) is 11.5 Å². The number of amides is 1. The minimum absolute atomic E-state index is 0.0229. The van der Waals surface area contributed by atoms with Crippen molar-refractivity contribution in [1.82, 2.24) is 5.01 Å². The lowest BCUT2D eigenvalue weighted by molar-refractivity contribution is -0.114. The van der Waals surface area contributed by atoms with E-state index in [1.54, 1.807) is 17.8 Å². The molecule has 1 amide bonds. The molecule has 0 radical (unpaired) electrons. The van der Waals surface area contributed by atoms with E-state index in [1.807, 2.05) is 38.1 Å². The van der Waals surface area contributed by atoms with Gasteiger partial charge in [0.1, 0.15) is 5.04 Å². The standard InChI is InChI=1S/C28H26N4O3S2/c1-3-25-31-32-26(29)21(27(33)30-28(32)37-25)16-18-12-13-22(23(17-18)34-4-2)35-14-15-36-24-11-7-9-19-8-5-6-10-20(19)24/h5-13,16-17,29H,3-4,14-15H2,1-2H3/b21-16+,29-26?. The topological polar surface area (TPSA) is 87.3 Å². The SMILES string of the molecule is CCOc1cc(/C=C2\C(=N)N3N=C(CC)SC3=NC2=O)ccc1OCCSc1cccc2ccccc12. The first-order valence-corrected chi connectivity index (χ1v) is 13.9. The molecule has 2 aliphatic rings. The van der Waals surface area contributed by atoms with Gasteiger partial charge >= 0.3 is 0 Å². The van der Waals surface area contributed by atoms with Gasteiger partial charge in [-0.2, -0.15) is 15.1 Å². The minimum Gasteiger partial charge on any atom is -0.490 e. The van der Waals surface area contributed by atoms with Gasteiger partial charge in [0.25, 0.3) is 5.91 Å². The van der Waals surface area contributed by atoms with Gasteiger partial charge in [0, 0.05) is 10.6 Å². The van der Waals surface area contributed by atoms with E-state index in [4.69, 9.17) is 14.9 Å². The van der Waals surface area contributed by atoms with Crippen molar-refractivity contribution in [1.29, 1.82) is 5.41 Å². The van der Waals surface area contributed by atoms with Crippen molar-refractivity contribution in [3.63, 3.8) is 0 Å². The number of carbonyl (C=O) groups is 1. The van der Waals surface area contributed by atoms with Crippen LogP contribution >= 0.6 is 23.5 Å². The predicted molar refractivity (Wildman–Crippen MR) is 153 cm³/mol. The number of amidine groups is 2. The maximum absolute atomic E-state index is 12.7. The fourth-order valence-corrected chi connectivity index (χ4v) is 5.70. The predicted octanol–water partition coefficient (Wildman–Crippen LogP) is 6.44. The molecule has 2 heterocycles. The number of hydrogen-bond acceptors (Lipinski definition) is 7. The summed E-state index contributed by atoms with van der Waals surface area (Å²) in [4.78, 5) is 18.0. The van der Waals surface area contributed by atoms with Gasteiger partial charge in [-0.15, -0.1) is 11.8 Å². The molecule has 0 saturated carbocycles. The second-order valence-corrected chi connectivity index (χ2v) is 10.4. The van der Waals surface area contributed by atoms with E-state index >= 15 is 0 Å². The Morgan fingerprint density at radius 3 is 2.73 bits per heavy atom. The highest BCUT2D eigenvalue weighted by Gasteiger charge is 2.35. The largest absolute Gasteiger partial charge is 0.490 e. The highest BCUT2D eigenvalue weighted by atomic mass is 32.2. The molecule has 37 heavy (non-hydrogen) atoms. The molecule has 0 atom stereocenters. The average molecular weight is 531 g/mol. The fraction of sp³-hybridized carbons (Fsp3) is 0.214. The van der Waals surface area contributed by atoms with Crippen LogP contribution in [0.2, 0.25) is 0 Å². The Balaban J connectivity index is 1.28. The Bertz CT molecular complexity index is 1460. The van der Waals surface area contributed by atoms with E-state index in [-0.39, 0.29) is 11.4 Å². The van der Waals surface area contributed by atoms with Crippen LogP contribution in [0.1, 0.15) is 25.8 Å². The van der Waals surface area contributed by atoms with E-state index in [0.717, 1.165) is 22.8 Å². The summed E-state index contributed by atoms with van der Waals surface area (Å²) in [6.45, 7) is 4.88. The number of hydrogen-bond donors (Lipinski definition) is 1. The van der Waals surface area contributed by atoms with Crippen LogP contribution in [-0.2, 0) is 4.79 Å². The molecular weight excluding hydrogens is 504 g/mol. The fourth-order valence-electron chi connectivity index (χ4n) is 3.97. The molecule has 5 rings (SSSR count). The first-order chi connectivity index (χ1) is 18.1. The van der Waals surface area contributed by atoms with Gasteiger partial charge in [-0.3, -0.25) is 10.2 Å². The molecule has 0 saturated heterocycles. The Hall–Kier alpha value is -3.56. The molecule has 0 spiro atoms. The zero-order chi connectivity index (χ0) is 25.8. The van der Waals surface area contributed by atoms with Crippen LogP contribution in [0.4, 0.5) is 0 Å². The molecule has 0 unspecified atom stereocenters. The minimum atomic E-state index is -0.444. The average Bonchev–Trinajstić information content (AvgIpc) is 3.33. The van der Waals surface area contributed by atoms with Gasteiger partial charge in [0.2, 0.25) is 5.17 Å². The number of nitrogens with one attached hydrogen (secondary N) is 1. The summed E-state index contributed by atoms with van der Waals surface area (Å²) >= 11 is 3.09. The van der Waals surface area contributed by atoms with Gasteiger partial charge in [-0.25, -0.2) is 0 Å². The molecule has 2 aliphatic heterocycles. The van der Waals surface area contributed by atoms with E-state index in [1.165, 1.54) is 32.4 Å². The van der Waals surface area contributed by atoms with Crippen molar-refractivity contribution in [3.05, 3.63) is 71.8 Å². The molecule has 3 aromatic rings. The number of fused-ring (bicyclic) bond motifs is 2. The highest BCUT2D eigenvalue weighted by Crippen LogP contribution is 2.33. The molecule has 0 aliphatic carbocycles. The maximum Gasteiger partial charge on any atom is 0.283 e. The molecule has 3 aromatic carbocycles. The molecule has 1 N–H and O–H groups in total. The normalized spacial score (nSPS) is 16.2. The Kier molecular flexibility index (Phi) is 7.62. The van der Waals surface area contributed by atoms with Crippen LogP contribution in [0.15, 0.2) is 81.2 Å². The summed E-state index contributed by atoms with van der Waals surface area (Å²) < 4.78 is 11.9. The summed E-state index contributed by atoms with van der Waals surface area (Å²) in [6, 6.07) is 20.2. The van der Waals surface area contributed by atoms with E-state index in [9.17, 15) is 4.79 Å². The second kappa shape index (κ2) is 11.2. The molecule has 188 valence electrons. The van der Waals surface area contributed by atoms with Crippen LogP contribution in [0, 0.1) is 5.41 Å². The Morgan fingerprint density at radius 1 is 1.05 bits per heavy atom. The van der Waals surface area contributed by atoms with Crippen molar-refractivity contribution < 1.29 is 14.3 Å². The zero-order valence-corrected chi connectivity index (χ0v) is 22.2. The zero-order valence-electron chi connectivity index (χ0n) is 20.6. The number of rotatable bonds is 9. The van der Waals surface area contributed by atoms with Crippen LogP contribution < -0.4 is 9.47 Å². The molecule has 0 aromatic heterocycles. The van der Waals surface area contributed by atoms with Crippen molar-refractivity contribution in [3.8, 4) is 11.5 Å². The number of nitrogens with zero attached hydrogens (tertiary/aromatic N) is 3. The number of carbonyl (C=O) groups excluding carboxylic acids is 1. The molecule has 9 heteroatoms. The van der Waals surface area contributed by atoms with Gasteiger partial charge in [-0.05, 0) is 65.7 Å². The third-order valence-corrected chi connectivity index (χ3v) is 7.82. The van der Waals surface area contributed by atoms with Crippen molar-refractivity contribution >= 4 is 62.3 Å². The van der Waals surface area contributed by atoms with E-state index in [0.29, 0.717) is 29.9 Å². The second-order valence-electron chi connectivity index (χ2n) is 8.18. The Labute approximate surface area is 224 Å². The number of thioether (sulfide) groups is 2. The van der Waals surface area contributed by atoms with Gasteiger partial charge < -0.3 is 9.47 Å². The molecular formula is C28H26N4O3S2. The molecule has 7 nitrogen and oxygen atoms in total. The lowest BCUT2D eigenvalue weighted by atomic mass is 10.1. The van der Waals surface area contributed by atoms with E-state index < -0.39 is 5.91 Å². The smallest absolute Gasteiger partial charge is 0.283 e. The summed E-state index contributed by atoms with van der Waals surface area (Å²) in [5, 5.41) is 18.1. The van der Waals surface area contributed by atoms with E-state index in [2.05, 4.69) is 46.5 Å². The third-order valence-electron chi connectivity index (χ3n) is 5.73. The quantitative estimate of drug-likeness (QED) is 0.195. The lowest BCUT2D eigenvalue weighted by Crippen LogP contribution is -2.35. The third kappa shape index (κ3) is 5.42. The monoisotopic (exact) mass is 530 g/mol. The summed E-state index contributed by atoms with van der Waals surface area (Å²) in [5.41, 5.74) is 0.910. The van der Waals surface area contributed by atoms with Gasteiger partial charge in [-0.1, -0.05) is 49.4 Å². The Morgan fingerprint density at radius 2 is 1.89 bits per heavy atom. The number of hydrazone groups is 1. The lowest BCUT2D eigenvalue weighted by Gasteiger charge is -2.20. The van der Waals surface area contributed by atoms with Crippen molar-refractivity contribution in [2.45, 2.75) is 25.2 Å². The van der Waals surface area contributed by atoms with Gasteiger partial charge in [0.15, 0.2) is 17.3 Å². The van der Waals surface area contributed by atoms with Crippen LogP contribution in [-0.4, -0.2) is 45.9 Å². The number of benzene rings is 3. The maximum atomic E-state index is 12.7. The molecule has 0 fully saturated rings. The highest BCUT2D eigenvalue weighted by molar-refractivity contribution is 8.26.